The van der Waals surface area contributed by atoms with Crippen LogP contribution in [0.25, 0.3) is 0 Å². The lowest BCUT2D eigenvalue weighted by molar-refractivity contribution is 0.233. The van der Waals surface area contributed by atoms with Gasteiger partial charge in [-0.25, -0.2) is 0 Å². The molecule has 0 spiro atoms. The summed E-state index contributed by atoms with van der Waals surface area (Å²) in [5, 5.41) is 0. The van der Waals surface area contributed by atoms with E-state index in [0.29, 0.717) is 0 Å². The molecule has 2 rings (SSSR count). The van der Waals surface area contributed by atoms with Crippen molar-refractivity contribution in [3.63, 3.8) is 0 Å². The highest BCUT2D eigenvalue weighted by Crippen LogP contribution is 2.32. The van der Waals surface area contributed by atoms with Gasteiger partial charge in [-0.2, -0.15) is 0 Å². The molecule has 2 aliphatic rings. The molecule has 0 N–H and O–H groups in total. The Balaban J connectivity index is 0.000000120. The summed E-state index contributed by atoms with van der Waals surface area (Å²) in [4.78, 5) is 0. The van der Waals surface area contributed by atoms with Gasteiger partial charge < -0.3 is 0 Å². The maximum atomic E-state index is 2.32. The average Bonchev–Trinajstić information content (AvgIpc) is 1.84. The van der Waals surface area contributed by atoms with Crippen molar-refractivity contribution in [3.8, 4) is 0 Å². The van der Waals surface area contributed by atoms with E-state index >= 15 is 0 Å². The number of hydrogen-bond acceptors (Lipinski definition) is 0. The van der Waals surface area contributed by atoms with Crippen LogP contribution in [0.2, 0.25) is 0 Å². The van der Waals surface area contributed by atoms with E-state index in [1.165, 1.54) is 25.7 Å². The molecular formula is C12H24. The molecule has 0 amide bonds. The average molecular weight is 168 g/mol. The molecule has 0 aromatic rings. The summed E-state index contributed by atoms with van der Waals surface area (Å²) in [6.45, 7) is 9.28. The van der Waals surface area contributed by atoms with Gasteiger partial charge in [-0.15, -0.1) is 0 Å². The predicted octanol–water partition coefficient (Wildman–Crippen LogP) is 4.10. The molecule has 0 nitrogen and oxygen atoms in total. The summed E-state index contributed by atoms with van der Waals surface area (Å²) in [7, 11) is 0. The van der Waals surface area contributed by atoms with E-state index in [2.05, 4.69) is 27.7 Å². The molecule has 2 fully saturated rings. The second-order valence-corrected chi connectivity index (χ2v) is 5.36. The Morgan fingerprint density at radius 2 is 0.667 bits per heavy atom. The van der Waals surface area contributed by atoms with Gasteiger partial charge in [-0.05, 0) is 49.4 Å². The molecule has 0 radical (unpaired) electrons. The Kier molecular flexibility index (Phi) is 3.61. The second kappa shape index (κ2) is 4.30. The second-order valence-electron chi connectivity index (χ2n) is 5.36. The van der Waals surface area contributed by atoms with Crippen LogP contribution in [-0.2, 0) is 0 Å². The third-order valence-corrected chi connectivity index (χ3v) is 3.22. The van der Waals surface area contributed by atoms with Gasteiger partial charge in [-0.3, -0.25) is 0 Å². The van der Waals surface area contributed by atoms with E-state index in [0.717, 1.165) is 23.7 Å². The van der Waals surface area contributed by atoms with Crippen LogP contribution in [0.4, 0.5) is 0 Å². The molecule has 2 aliphatic carbocycles. The zero-order chi connectivity index (χ0) is 9.14. The summed E-state index contributed by atoms with van der Waals surface area (Å²) in [6.07, 6.45) is 5.89. The minimum Gasteiger partial charge on any atom is -0.0625 e. The van der Waals surface area contributed by atoms with Crippen molar-refractivity contribution in [1.29, 1.82) is 0 Å². The van der Waals surface area contributed by atoms with Gasteiger partial charge in [-0.1, -0.05) is 27.7 Å². The zero-order valence-corrected chi connectivity index (χ0v) is 9.14. The highest BCUT2D eigenvalue weighted by atomic mass is 14.3. The van der Waals surface area contributed by atoms with Crippen molar-refractivity contribution in [2.45, 2.75) is 53.4 Å². The summed E-state index contributed by atoms with van der Waals surface area (Å²) in [5.41, 5.74) is 0. The zero-order valence-electron chi connectivity index (χ0n) is 9.14. The third kappa shape index (κ3) is 3.16. The normalized spacial score (nSPS) is 45.0. The Labute approximate surface area is 77.7 Å². The van der Waals surface area contributed by atoms with Crippen molar-refractivity contribution in [3.05, 3.63) is 0 Å². The molecule has 2 saturated carbocycles. The molecule has 0 bridgehead atoms. The monoisotopic (exact) mass is 168 g/mol. The molecule has 0 saturated heterocycles. The van der Waals surface area contributed by atoms with E-state index in [9.17, 15) is 0 Å². The largest absolute Gasteiger partial charge is 0.0625 e. The Morgan fingerprint density at radius 3 is 0.667 bits per heavy atom. The smallest absolute Gasteiger partial charge is 0.0438 e. The summed E-state index contributed by atoms with van der Waals surface area (Å²) in [5.74, 6) is 4.17. The van der Waals surface area contributed by atoms with Crippen molar-refractivity contribution in [2.24, 2.45) is 23.7 Å². The molecule has 0 heterocycles. The van der Waals surface area contributed by atoms with Crippen molar-refractivity contribution in [2.75, 3.05) is 0 Å². The molecule has 0 unspecified atom stereocenters. The van der Waals surface area contributed by atoms with Gasteiger partial charge in [0.25, 0.3) is 0 Å². The first-order valence-electron chi connectivity index (χ1n) is 5.58. The Hall–Kier alpha value is 0. The Bertz CT molecular complexity index is 88.0. The highest BCUT2D eigenvalue weighted by molar-refractivity contribution is 4.71. The molecule has 0 aromatic carbocycles. The lowest BCUT2D eigenvalue weighted by Crippen LogP contribution is -2.16. The summed E-state index contributed by atoms with van der Waals surface area (Å²) in [6, 6.07) is 0. The maximum Gasteiger partial charge on any atom is -0.0438 e. The van der Waals surface area contributed by atoms with Crippen LogP contribution in [0.5, 0.6) is 0 Å². The lowest BCUT2D eigenvalue weighted by atomic mass is 9.78. The van der Waals surface area contributed by atoms with E-state index < -0.39 is 0 Å². The van der Waals surface area contributed by atoms with Crippen LogP contribution in [0.3, 0.4) is 0 Å². The number of rotatable bonds is 0. The molecule has 12 heavy (non-hydrogen) atoms. The van der Waals surface area contributed by atoms with Gasteiger partial charge in [0, 0.05) is 0 Å². The van der Waals surface area contributed by atoms with E-state index in [4.69, 9.17) is 0 Å². The molecule has 72 valence electrons. The highest BCUT2D eigenvalue weighted by Gasteiger charge is 2.20. The molecule has 0 heteroatoms. The Morgan fingerprint density at radius 1 is 0.500 bits per heavy atom. The fourth-order valence-electron chi connectivity index (χ4n) is 2.61. The van der Waals surface area contributed by atoms with Crippen LogP contribution in [0.1, 0.15) is 53.4 Å². The molecule has 0 aromatic heterocycles. The van der Waals surface area contributed by atoms with Gasteiger partial charge >= 0.3 is 0 Å². The van der Waals surface area contributed by atoms with Crippen LogP contribution in [-0.4, -0.2) is 0 Å². The fourth-order valence-corrected chi connectivity index (χ4v) is 2.61. The minimum absolute atomic E-state index is 1.04. The van der Waals surface area contributed by atoms with Crippen molar-refractivity contribution >= 4 is 0 Å². The molecule has 0 aliphatic heterocycles. The van der Waals surface area contributed by atoms with Crippen LogP contribution >= 0.6 is 0 Å². The van der Waals surface area contributed by atoms with Gasteiger partial charge in [0.05, 0.1) is 0 Å². The van der Waals surface area contributed by atoms with Gasteiger partial charge in [0.15, 0.2) is 0 Å². The predicted molar refractivity (Wildman–Crippen MR) is 55.1 cm³/mol. The maximum absolute atomic E-state index is 2.32. The number of hydrogen-bond donors (Lipinski definition) is 0. The fraction of sp³-hybridized carbons (Fsp3) is 1.00. The first-order valence-corrected chi connectivity index (χ1v) is 5.58. The van der Waals surface area contributed by atoms with E-state index in [-0.39, 0.29) is 0 Å². The van der Waals surface area contributed by atoms with Crippen LogP contribution in [0, 0.1) is 23.7 Å². The molecule has 0 atom stereocenters. The first kappa shape index (κ1) is 10.1. The van der Waals surface area contributed by atoms with E-state index in [1.54, 1.807) is 0 Å². The summed E-state index contributed by atoms with van der Waals surface area (Å²) >= 11 is 0. The third-order valence-electron chi connectivity index (χ3n) is 3.22. The quantitative estimate of drug-likeness (QED) is 0.511. The van der Waals surface area contributed by atoms with Gasteiger partial charge in [0.2, 0.25) is 0 Å². The molecular weight excluding hydrogens is 144 g/mol. The van der Waals surface area contributed by atoms with Crippen molar-refractivity contribution in [1.82, 2.24) is 0 Å². The van der Waals surface area contributed by atoms with Gasteiger partial charge in [0.1, 0.15) is 0 Å². The van der Waals surface area contributed by atoms with Crippen LogP contribution in [0.15, 0.2) is 0 Å². The standard InChI is InChI=1S/2C6H12/c2*1-5-3-6(2)4-5/h2*5-6H,3-4H2,1-2H3. The van der Waals surface area contributed by atoms with E-state index in [1.807, 2.05) is 0 Å². The van der Waals surface area contributed by atoms with Crippen LogP contribution < -0.4 is 0 Å². The first-order chi connectivity index (χ1) is 5.58. The lowest BCUT2D eigenvalue weighted by Gasteiger charge is -2.28. The minimum atomic E-state index is 1.04. The summed E-state index contributed by atoms with van der Waals surface area (Å²) < 4.78 is 0. The van der Waals surface area contributed by atoms with Crippen molar-refractivity contribution < 1.29 is 0 Å². The topological polar surface area (TPSA) is 0 Å². The SMILES string of the molecule is CC1CC(C)C1.CC1CC(C)C1.